The number of likely N-dealkylation sites (N-methyl/N-ethyl adjacent to an activating group) is 1. The van der Waals surface area contributed by atoms with Crippen LogP contribution in [0.4, 0.5) is 0 Å². The van der Waals surface area contributed by atoms with E-state index in [9.17, 15) is 9.59 Å². The van der Waals surface area contributed by atoms with Crippen molar-refractivity contribution in [1.82, 2.24) is 20.2 Å². The number of amides is 1. The number of carboxylic acids is 1. The number of aliphatic carboxylic acids is 1. The zero-order chi connectivity index (χ0) is 27.8. The zero-order valence-electron chi connectivity index (χ0n) is 23.0. The molecule has 8 heteroatoms. The van der Waals surface area contributed by atoms with E-state index in [-0.39, 0.29) is 25.0 Å². The Hall–Kier alpha value is -3.78. The quantitative estimate of drug-likeness (QED) is 0.309. The van der Waals surface area contributed by atoms with Crippen LogP contribution in [-0.2, 0) is 16.0 Å². The van der Waals surface area contributed by atoms with Gasteiger partial charge in [0.05, 0.1) is 18.6 Å². The smallest absolute Gasteiger partial charge is 0.310 e. The van der Waals surface area contributed by atoms with Crippen molar-refractivity contribution in [3.63, 3.8) is 0 Å². The first kappa shape index (κ1) is 28.2. The Morgan fingerprint density at radius 2 is 1.64 bits per heavy atom. The van der Waals surface area contributed by atoms with E-state index >= 15 is 0 Å². The largest absolute Gasteiger partial charge is 0.494 e. The monoisotopic (exact) mass is 530 g/mol. The molecule has 2 N–H and O–H groups in total. The van der Waals surface area contributed by atoms with Gasteiger partial charge in [0.15, 0.2) is 5.82 Å². The predicted octanol–water partition coefficient (Wildman–Crippen LogP) is 4.69. The highest BCUT2D eigenvalue weighted by Gasteiger charge is 2.38. The highest BCUT2D eigenvalue weighted by Crippen LogP contribution is 2.24. The third kappa shape index (κ3) is 7.63. The molecule has 4 rings (SSSR count). The molecular formula is C31H38N4O4. The van der Waals surface area contributed by atoms with Gasteiger partial charge in [0.1, 0.15) is 5.75 Å². The number of aromatic nitrogens is 2. The fourth-order valence-electron chi connectivity index (χ4n) is 4.61. The summed E-state index contributed by atoms with van der Waals surface area (Å²) >= 11 is 0. The Balaban J connectivity index is 1.33. The highest BCUT2D eigenvalue weighted by molar-refractivity contribution is 5.85. The number of nitrogens with one attached hydrogen (secondary N) is 1. The topological polar surface area (TPSA) is 105 Å². The number of likely N-dealkylation sites (tertiary alicyclic amines) is 1. The molecule has 3 aromatic rings. The van der Waals surface area contributed by atoms with Gasteiger partial charge in [-0.2, -0.15) is 0 Å². The summed E-state index contributed by atoms with van der Waals surface area (Å²) in [5.41, 5.74) is 3.87. The summed E-state index contributed by atoms with van der Waals surface area (Å²) in [6.07, 6.45) is 6.39. The van der Waals surface area contributed by atoms with Crippen LogP contribution in [0.25, 0.3) is 22.5 Å². The lowest BCUT2D eigenvalue weighted by atomic mass is 9.97. The molecule has 0 radical (unpaired) electrons. The van der Waals surface area contributed by atoms with Crippen LogP contribution in [0.15, 0.2) is 60.9 Å². The lowest BCUT2D eigenvalue weighted by molar-refractivity contribution is -0.153. The number of benzene rings is 2. The molecule has 2 heterocycles. The first-order valence-electron chi connectivity index (χ1n) is 13.7. The fourth-order valence-corrected chi connectivity index (χ4v) is 4.61. The summed E-state index contributed by atoms with van der Waals surface area (Å²) in [5.74, 6) is 0.834. The van der Waals surface area contributed by atoms with Crippen LogP contribution in [0, 0.1) is 11.8 Å². The van der Waals surface area contributed by atoms with Crippen molar-refractivity contribution in [2.24, 2.45) is 11.8 Å². The molecule has 206 valence electrons. The highest BCUT2D eigenvalue weighted by atomic mass is 16.5. The van der Waals surface area contributed by atoms with Gasteiger partial charge < -0.3 is 20.1 Å². The summed E-state index contributed by atoms with van der Waals surface area (Å²) in [6, 6.07) is 15.5. The number of nitrogens with zero attached hydrogens (tertiary/aromatic N) is 3. The van der Waals surface area contributed by atoms with E-state index in [2.05, 4.69) is 29.1 Å². The minimum Gasteiger partial charge on any atom is -0.494 e. The molecule has 8 nitrogen and oxygen atoms in total. The maximum absolute atomic E-state index is 12.9. The van der Waals surface area contributed by atoms with E-state index in [1.54, 1.807) is 4.90 Å². The van der Waals surface area contributed by atoms with Gasteiger partial charge >= 0.3 is 5.97 Å². The molecule has 39 heavy (non-hydrogen) atoms. The predicted molar refractivity (Wildman–Crippen MR) is 151 cm³/mol. The van der Waals surface area contributed by atoms with Crippen LogP contribution in [0.3, 0.4) is 0 Å². The second-order valence-corrected chi connectivity index (χ2v) is 10.5. The summed E-state index contributed by atoms with van der Waals surface area (Å²) in [7, 11) is 0. The Labute approximate surface area is 230 Å². The SMILES string of the molecule is CCN[C@@H](Cc1ccc(-c2ncc(-c3ccc(OCCCC(C)C)cc3)cn2)cc1)C(=O)N1CC(C(=O)O)C1. The maximum atomic E-state index is 12.9. The van der Waals surface area contributed by atoms with Gasteiger partial charge in [0.2, 0.25) is 5.91 Å². The van der Waals surface area contributed by atoms with Crippen molar-refractivity contribution in [1.29, 1.82) is 0 Å². The van der Waals surface area contributed by atoms with Crippen molar-refractivity contribution >= 4 is 11.9 Å². The lowest BCUT2D eigenvalue weighted by Gasteiger charge is -2.39. The van der Waals surface area contributed by atoms with E-state index in [1.807, 2.05) is 67.8 Å². The molecule has 1 amide bonds. The number of rotatable bonds is 13. The van der Waals surface area contributed by atoms with Gasteiger partial charge in [-0.1, -0.05) is 57.2 Å². The summed E-state index contributed by atoms with van der Waals surface area (Å²) in [5, 5.41) is 12.3. The number of hydrogen-bond donors (Lipinski definition) is 2. The molecule has 1 aromatic heterocycles. The van der Waals surface area contributed by atoms with E-state index in [1.165, 1.54) is 0 Å². The number of hydrogen-bond acceptors (Lipinski definition) is 6. The Morgan fingerprint density at radius 1 is 1.00 bits per heavy atom. The van der Waals surface area contributed by atoms with Crippen LogP contribution >= 0.6 is 0 Å². The van der Waals surface area contributed by atoms with Gasteiger partial charge in [0.25, 0.3) is 0 Å². The molecule has 1 saturated heterocycles. The van der Waals surface area contributed by atoms with Gasteiger partial charge in [-0.15, -0.1) is 0 Å². The number of ether oxygens (including phenoxy) is 1. The molecule has 1 aliphatic rings. The average molecular weight is 531 g/mol. The third-order valence-electron chi connectivity index (χ3n) is 6.98. The molecule has 1 aliphatic heterocycles. The molecule has 0 spiro atoms. The average Bonchev–Trinajstić information content (AvgIpc) is 2.90. The molecule has 0 bridgehead atoms. The van der Waals surface area contributed by atoms with Crippen LogP contribution in [-0.4, -0.2) is 64.1 Å². The van der Waals surface area contributed by atoms with Gasteiger partial charge in [-0.05, 0) is 55.0 Å². The van der Waals surface area contributed by atoms with Crippen LogP contribution < -0.4 is 10.1 Å². The summed E-state index contributed by atoms with van der Waals surface area (Å²) < 4.78 is 5.84. The first-order chi connectivity index (χ1) is 18.8. The standard InChI is InChI=1S/C31H38N4O4/c1-4-32-28(30(36)35-19-26(20-35)31(37)38)16-22-7-9-24(10-8-22)29-33-17-25(18-34-29)23-11-13-27(14-12-23)39-15-5-6-21(2)3/h7-14,17-18,21,26,28,32H,4-6,15-16,19-20H2,1-3H3,(H,37,38)/t28-/m0/s1. The second kappa shape index (κ2) is 13.3. The molecule has 2 aromatic carbocycles. The Morgan fingerprint density at radius 3 is 2.23 bits per heavy atom. The molecule has 1 fully saturated rings. The van der Waals surface area contributed by atoms with E-state index in [0.29, 0.717) is 24.7 Å². The number of carboxylic acid groups (broad SMARTS) is 1. The van der Waals surface area contributed by atoms with Crippen molar-refractivity contribution in [2.75, 3.05) is 26.2 Å². The van der Waals surface area contributed by atoms with Gasteiger partial charge in [0, 0.05) is 36.6 Å². The van der Waals surface area contributed by atoms with Crippen molar-refractivity contribution in [3.8, 4) is 28.3 Å². The van der Waals surface area contributed by atoms with Crippen molar-refractivity contribution < 1.29 is 19.4 Å². The summed E-state index contributed by atoms with van der Waals surface area (Å²) in [4.78, 5) is 34.7. The normalized spacial score (nSPS) is 14.2. The Kier molecular flexibility index (Phi) is 9.65. The van der Waals surface area contributed by atoms with E-state index < -0.39 is 11.9 Å². The Bertz CT molecular complexity index is 1220. The minimum atomic E-state index is -0.847. The third-order valence-corrected chi connectivity index (χ3v) is 6.98. The van der Waals surface area contributed by atoms with Gasteiger partial charge in [-0.3, -0.25) is 9.59 Å². The number of carbonyl (C=O) groups is 2. The lowest BCUT2D eigenvalue weighted by Crippen LogP contribution is -2.58. The molecule has 0 unspecified atom stereocenters. The molecule has 0 saturated carbocycles. The maximum Gasteiger partial charge on any atom is 0.310 e. The van der Waals surface area contributed by atoms with Crippen LogP contribution in [0.2, 0.25) is 0 Å². The van der Waals surface area contributed by atoms with Crippen LogP contribution in [0.1, 0.15) is 39.2 Å². The van der Waals surface area contributed by atoms with Crippen LogP contribution in [0.5, 0.6) is 5.75 Å². The molecule has 0 aliphatic carbocycles. The zero-order valence-corrected chi connectivity index (χ0v) is 23.0. The van der Waals surface area contributed by atoms with E-state index in [4.69, 9.17) is 9.84 Å². The van der Waals surface area contributed by atoms with E-state index in [0.717, 1.165) is 47.5 Å². The van der Waals surface area contributed by atoms with Crippen molar-refractivity contribution in [3.05, 3.63) is 66.5 Å². The van der Waals surface area contributed by atoms with Crippen molar-refractivity contribution in [2.45, 2.75) is 46.1 Å². The minimum absolute atomic E-state index is 0.0527. The molecule has 1 atom stereocenters. The first-order valence-corrected chi connectivity index (χ1v) is 13.7. The van der Waals surface area contributed by atoms with Gasteiger partial charge in [-0.25, -0.2) is 9.97 Å². The number of carbonyl (C=O) groups excluding carboxylic acids is 1. The second-order valence-electron chi connectivity index (χ2n) is 10.5. The molecular weight excluding hydrogens is 492 g/mol. The summed E-state index contributed by atoms with van der Waals surface area (Å²) in [6.45, 7) is 8.33. The fraction of sp³-hybridized carbons (Fsp3) is 0.419.